The van der Waals surface area contributed by atoms with Gasteiger partial charge in [-0.3, -0.25) is 0 Å². The van der Waals surface area contributed by atoms with Crippen molar-refractivity contribution < 1.29 is 8.42 Å². The minimum Gasteiger partial charge on any atom is -0.312 e. The summed E-state index contributed by atoms with van der Waals surface area (Å²) in [5, 5.41) is 3.17. The Morgan fingerprint density at radius 1 is 1.10 bits per heavy atom. The van der Waals surface area contributed by atoms with Gasteiger partial charge in [0.1, 0.15) is 0 Å². The first-order chi connectivity index (χ1) is 8.99. The molecule has 1 N–H and O–H groups in total. The molecular formula is C16H27NO2S. The summed E-state index contributed by atoms with van der Waals surface area (Å²) in [4.78, 5) is 0. The highest BCUT2D eigenvalue weighted by Gasteiger charge is 2.32. The highest BCUT2D eigenvalue weighted by atomic mass is 32.2. The lowest BCUT2D eigenvalue weighted by Crippen LogP contribution is -2.36. The Morgan fingerprint density at radius 2 is 1.55 bits per heavy atom. The fourth-order valence-electron chi connectivity index (χ4n) is 2.52. The maximum atomic E-state index is 12.4. The number of hydrogen-bond acceptors (Lipinski definition) is 3. The molecule has 0 bridgehead atoms. The number of sulfone groups is 1. The molecule has 0 aliphatic heterocycles. The van der Waals surface area contributed by atoms with Gasteiger partial charge in [-0.05, 0) is 65.3 Å². The van der Waals surface area contributed by atoms with Crippen LogP contribution in [0.15, 0.2) is 12.1 Å². The summed E-state index contributed by atoms with van der Waals surface area (Å²) in [6.45, 7) is 11.4. The normalized spacial score (nSPS) is 14.3. The van der Waals surface area contributed by atoms with Gasteiger partial charge in [-0.15, -0.1) is 0 Å². The van der Waals surface area contributed by atoms with E-state index in [1.165, 1.54) is 5.56 Å². The minimum absolute atomic E-state index is 0.123. The molecule has 1 atom stereocenters. The van der Waals surface area contributed by atoms with Gasteiger partial charge in [-0.1, -0.05) is 17.7 Å². The fraction of sp³-hybridized carbons (Fsp3) is 0.625. The Hall–Kier alpha value is -0.870. The van der Waals surface area contributed by atoms with E-state index < -0.39 is 14.6 Å². The first kappa shape index (κ1) is 17.2. The summed E-state index contributed by atoms with van der Waals surface area (Å²) in [7, 11) is -1.34. The summed E-state index contributed by atoms with van der Waals surface area (Å²) < 4.78 is 24.2. The lowest BCUT2D eigenvalue weighted by Gasteiger charge is -2.26. The third kappa shape index (κ3) is 3.61. The maximum absolute atomic E-state index is 12.4. The molecule has 1 rings (SSSR count). The van der Waals surface area contributed by atoms with E-state index in [0.29, 0.717) is 0 Å². The van der Waals surface area contributed by atoms with E-state index >= 15 is 0 Å². The summed E-state index contributed by atoms with van der Waals surface area (Å²) in [6.07, 6.45) is 0. The van der Waals surface area contributed by atoms with E-state index in [1.807, 2.05) is 20.9 Å². The predicted octanol–water partition coefficient (Wildman–Crippen LogP) is 3.09. The van der Waals surface area contributed by atoms with Gasteiger partial charge in [-0.25, -0.2) is 8.42 Å². The van der Waals surface area contributed by atoms with Crippen molar-refractivity contribution >= 4 is 9.84 Å². The zero-order chi connectivity index (χ0) is 15.7. The SMILES string of the molecule is CNC(CS(=O)(=O)C(C)(C)C)c1c(C)cc(C)cc1C. The Balaban J connectivity index is 3.23. The topological polar surface area (TPSA) is 46.2 Å². The predicted molar refractivity (Wildman–Crippen MR) is 86.0 cm³/mol. The zero-order valence-electron chi connectivity index (χ0n) is 13.7. The number of benzene rings is 1. The number of hydrogen-bond donors (Lipinski definition) is 1. The van der Waals surface area contributed by atoms with Crippen LogP contribution in [-0.2, 0) is 9.84 Å². The van der Waals surface area contributed by atoms with Crippen LogP contribution in [0, 0.1) is 20.8 Å². The zero-order valence-corrected chi connectivity index (χ0v) is 14.5. The molecule has 0 radical (unpaired) electrons. The second kappa shape index (κ2) is 5.86. The van der Waals surface area contributed by atoms with Crippen molar-refractivity contribution in [1.82, 2.24) is 5.32 Å². The van der Waals surface area contributed by atoms with Crippen molar-refractivity contribution in [3.63, 3.8) is 0 Å². The van der Waals surface area contributed by atoms with Gasteiger partial charge in [0, 0.05) is 6.04 Å². The van der Waals surface area contributed by atoms with Crippen LogP contribution in [0.5, 0.6) is 0 Å². The van der Waals surface area contributed by atoms with E-state index in [0.717, 1.165) is 16.7 Å². The molecule has 4 heteroatoms. The summed E-state index contributed by atoms with van der Waals surface area (Å²) >= 11 is 0. The Labute approximate surface area is 123 Å². The standard InChI is InChI=1S/C16H27NO2S/c1-11-8-12(2)15(13(3)9-11)14(17-7)10-20(18,19)16(4,5)6/h8-9,14,17H,10H2,1-7H3. The smallest absolute Gasteiger partial charge is 0.157 e. The van der Waals surface area contributed by atoms with Crippen molar-refractivity contribution in [3.8, 4) is 0 Å². The van der Waals surface area contributed by atoms with Gasteiger partial charge in [0.2, 0.25) is 0 Å². The quantitative estimate of drug-likeness (QED) is 0.929. The second-order valence-electron chi connectivity index (χ2n) is 6.55. The second-order valence-corrected chi connectivity index (χ2v) is 9.34. The van der Waals surface area contributed by atoms with Crippen LogP contribution in [0.1, 0.15) is 49.1 Å². The number of aryl methyl sites for hydroxylation is 3. The van der Waals surface area contributed by atoms with Gasteiger partial charge < -0.3 is 5.32 Å². The Morgan fingerprint density at radius 3 is 1.90 bits per heavy atom. The summed E-state index contributed by atoms with van der Waals surface area (Å²) in [5.41, 5.74) is 4.60. The number of nitrogens with one attached hydrogen (secondary N) is 1. The van der Waals surface area contributed by atoms with Gasteiger partial charge in [0.15, 0.2) is 9.84 Å². The molecule has 0 amide bonds. The van der Waals surface area contributed by atoms with Gasteiger partial charge in [-0.2, -0.15) is 0 Å². The molecule has 0 saturated carbocycles. The van der Waals surface area contributed by atoms with E-state index in [9.17, 15) is 8.42 Å². The fourth-order valence-corrected chi connectivity index (χ4v) is 3.79. The molecular weight excluding hydrogens is 270 g/mol. The first-order valence-electron chi connectivity index (χ1n) is 6.97. The molecule has 1 aromatic rings. The Kier molecular flexibility index (Phi) is 5.03. The van der Waals surface area contributed by atoms with Crippen molar-refractivity contribution in [1.29, 1.82) is 0 Å². The number of rotatable bonds is 4. The molecule has 1 unspecified atom stereocenters. The lowest BCUT2D eigenvalue weighted by atomic mass is 9.95. The van der Waals surface area contributed by atoms with Crippen molar-refractivity contribution in [3.05, 3.63) is 34.4 Å². The molecule has 0 heterocycles. The maximum Gasteiger partial charge on any atom is 0.157 e. The van der Waals surface area contributed by atoms with Gasteiger partial charge in [0.05, 0.1) is 10.5 Å². The third-order valence-corrected chi connectivity index (χ3v) is 6.39. The van der Waals surface area contributed by atoms with Crippen molar-refractivity contribution in [2.24, 2.45) is 0 Å². The monoisotopic (exact) mass is 297 g/mol. The minimum atomic E-state index is -3.16. The molecule has 0 aliphatic carbocycles. The highest BCUT2D eigenvalue weighted by Crippen LogP contribution is 2.27. The molecule has 0 saturated heterocycles. The van der Waals surface area contributed by atoms with Crippen LogP contribution in [0.2, 0.25) is 0 Å². The third-order valence-electron chi connectivity index (χ3n) is 3.75. The van der Waals surface area contributed by atoms with Crippen LogP contribution in [-0.4, -0.2) is 26.0 Å². The van der Waals surface area contributed by atoms with E-state index in [1.54, 1.807) is 20.8 Å². The molecule has 0 aliphatic rings. The summed E-state index contributed by atoms with van der Waals surface area (Å²) in [5.74, 6) is 0.123. The lowest BCUT2D eigenvalue weighted by molar-refractivity contribution is 0.541. The highest BCUT2D eigenvalue weighted by molar-refractivity contribution is 7.92. The van der Waals surface area contributed by atoms with E-state index in [4.69, 9.17) is 0 Å². The summed E-state index contributed by atoms with van der Waals surface area (Å²) in [6, 6.07) is 4.05. The molecule has 0 fully saturated rings. The Bertz CT molecular complexity index is 560. The van der Waals surface area contributed by atoms with Gasteiger partial charge >= 0.3 is 0 Å². The van der Waals surface area contributed by atoms with E-state index in [2.05, 4.69) is 24.4 Å². The van der Waals surface area contributed by atoms with Crippen LogP contribution < -0.4 is 5.32 Å². The van der Waals surface area contributed by atoms with Crippen LogP contribution in [0.25, 0.3) is 0 Å². The molecule has 3 nitrogen and oxygen atoms in total. The average Bonchev–Trinajstić information content (AvgIpc) is 2.24. The van der Waals surface area contributed by atoms with Gasteiger partial charge in [0.25, 0.3) is 0 Å². The first-order valence-corrected chi connectivity index (χ1v) is 8.62. The average molecular weight is 297 g/mol. The molecule has 114 valence electrons. The largest absolute Gasteiger partial charge is 0.312 e. The van der Waals surface area contributed by atoms with Crippen LogP contribution in [0.4, 0.5) is 0 Å². The molecule has 0 spiro atoms. The van der Waals surface area contributed by atoms with Crippen LogP contribution >= 0.6 is 0 Å². The van der Waals surface area contributed by atoms with Crippen molar-refractivity contribution in [2.45, 2.75) is 52.3 Å². The molecule has 0 aromatic heterocycles. The van der Waals surface area contributed by atoms with Crippen molar-refractivity contribution in [2.75, 3.05) is 12.8 Å². The van der Waals surface area contributed by atoms with E-state index in [-0.39, 0.29) is 11.8 Å². The van der Waals surface area contributed by atoms with Crippen LogP contribution in [0.3, 0.4) is 0 Å². The molecule has 20 heavy (non-hydrogen) atoms. The molecule has 1 aromatic carbocycles.